The fourth-order valence-electron chi connectivity index (χ4n) is 0.762. The zero-order valence-corrected chi connectivity index (χ0v) is 6.73. The van der Waals surface area contributed by atoms with E-state index < -0.39 is 37.5 Å². The van der Waals surface area contributed by atoms with Crippen LogP contribution in [-0.2, 0) is 14.4 Å². The Balaban J connectivity index is 4.10. The molecule has 0 heterocycles. The number of aliphatic carboxylic acids is 2. The van der Waals surface area contributed by atoms with E-state index in [4.69, 9.17) is 10.8 Å². The highest BCUT2D eigenvalue weighted by Crippen LogP contribution is 1.86. The average molecular weight is 189 g/mol. The molecule has 0 rings (SSSR count). The lowest BCUT2D eigenvalue weighted by Crippen LogP contribution is -2.44. The Kier molecular flexibility index (Phi) is 4.45. The lowest BCUT2D eigenvalue weighted by molar-refractivity contribution is -0.306. The molecule has 0 aliphatic heterocycles. The maximum absolute atomic E-state index is 10.3. The molecule has 0 bridgehead atoms. The number of amides is 1. The molecule has 0 fully saturated rings. The second-order valence-corrected chi connectivity index (χ2v) is 2.38. The van der Waals surface area contributed by atoms with Gasteiger partial charge in [0.2, 0.25) is 5.91 Å². The minimum Gasteiger partial charge on any atom is -0.549 e. The molecule has 0 saturated carbocycles. The van der Waals surface area contributed by atoms with Gasteiger partial charge in [-0.25, -0.2) is 0 Å². The number of carboxylic acid groups (broad SMARTS) is 2. The number of rotatable bonds is 6. The predicted octanol–water partition coefficient (Wildman–Crippen LogP) is -3.39. The lowest BCUT2D eigenvalue weighted by Gasteiger charge is -2.18. The number of hydrogen-bond acceptors (Lipinski definition) is 5. The van der Waals surface area contributed by atoms with E-state index in [1.807, 2.05) is 0 Å². The van der Waals surface area contributed by atoms with Crippen molar-refractivity contribution in [2.75, 3.05) is 19.6 Å². The van der Waals surface area contributed by atoms with Crippen molar-refractivity contribution in [3.8, 4) is 0 Å². The molecule has 7 heteroatoms. The molecule has 0 aliphatic rings. The maximum Gasteiger partial charge on any atom is 0.317 e. The van der Waals surface area contributed by atoms with Gasteiger partial charge in [0.25, 0.3) is 0 Å². The zero-order chi connectivity index (χ0) is 10.4. The minimum absolute atomic E-state index is 0.416. The third-order valence-corrected chi connectivity index (χ3v) is 1.09. The smallest absolute Gasteiger partial charge is 0.317 e. The van der Waals surface area contributed by atoms with Crippen LogP contribution in [0.3, 0.4) is 0 Å². The molecule has 0 aliphatic carbocycles. The summed E-state index contributed by atoms with van der Waals surface area (Å²) < 4.78 is 0. The van der Waals surface area contributed by atoms with Crippen molar-refractivity contribution in [1.29, 1.82) is 0 Å². The van der Waals surface area contributed by atoms with Crippen LogP contribution in [0, 0.1) is 0 Å². The van der Waals surface area contributed by atoms with Crippen molar-refractivity contribution in [1.82, 2.24) is 4.90 Å². The number of hydrogen-bond donors (Lipinski definition) is 2. The van der Waals surface area contributed by atoms with E-state index in [-0.39, 0.29) is 0 Å². The van der Waals surface area contributed by atoms with E-state index >= 15 is 0 Å². The van der Waals surface area contributed by atoms with Gasteiger partial charge in [-0.2, -0.15) is 0 Å². The summed E-state index contributed by atoms with van der Waals surface area (Å²) in [5.74, 6) is -3.48. The van der Waals surface area contributed by atoms with Crippen molar-refractivity contribution in [2.24, 2.45) is 5.73 Å². The van der Waals surface area contributed by atoms with Gasteiger partial charge >= 0.3 is 5.97 Å². The monoisotopic (exact) mass is 189 g/mol. The molecule has 0 aromatic heterocycles. The summed E-state index contributed by atoms with van der Waals surface area (Å²) in [7, 11) is 0. The topological polar surface area (TPSA) is 124 Å². The van der Waals surface area contributed by atoms with Gasteiger partial charge < -0.3 is 20.7 Å². The molecule has 3 N–H and O–H groups in total. The third kappa shape index (κ3) is 6.76. The largest absolute Gasteiger partial charge is 0.549 e. The predicted molar refractivity (Wildman–Crippen MR) is 38.3 cm³/mol. The highest BCUT2D eigenvalue weighted by molar-refractivity contribution is 5.78. The molecule has 0 saturated heterocycles. The standard InChI is InChI=1S/C6H10N2O5/c7-4(9)1-8(2-5(10)11)3-6(12)13/h1-3H2,(H2,7,9)(H,10,11)(H,12,13)/p-1. The van der Waals surface area contributed by atoms with E-state index in [9.17, 15) is 19.5 Å². The number of carbonyl (C=O) groups is 3. The number of carbonyl (C=O) groups excluding carboxylic acids is 2. The third-order valence-electron chi connectivity index (χ3n) is 1.09. The van der Waals surface area contributed by atoms with E-state index in [2.05, 4.69) is 0 Å². The van der Waals surface area contributed by atoms with E-state index in [0.717, 1.165) is 4.90 Å². The van der Waals surface area contributed by atoms with Gasteiger partial charge in [-0.15, -0.1) is 0 Å². The quantitative estimate of drug-likeness (QED) is 0.449. The summed E-state index contributed by atoms with van der Waals surface area (Å²) in [6.07, 6.45) is 0. The van der Waals surface area contributed by atoms with Crippen LogP contribution in [0.1, 0.15) is 0 Å². The SMILES string of the molecule is NC(=O)CN(CC(=O)[O-])CC(=O)O. The van der Waals surface area contributed by atoms with Crippen LogP contribution < -0.4 is 10.8 Å². The fraction of sp³-hybridized carbons (Fsp3) is 0.500. The lowest BCUT2D eigenvalue weighted by atomic mass is 10.4. The molecular formula is C6H9N2O5-. The van der Waals surface area contributed by atoms with Crippen molar-refractivity contribution in [3.63, 3.8) is 0 Å². The van der Waals surface area contributed by atoms with E-state index in [1.54, 1.807) is 0 Å². The number of nitrogens with zero attached hydrogens (tertiary/aromatic N) is 1. The first-order valence-electron chi connectivity index (χ1n) is 3.34. The van der Waals surface area contributed by atoms with Crippen LogP contribution in [0.4, 0.5) is 0 Å². The molecule has 0 atom stereocenters. The minimum atomic E-state index is -1.46. The van der Waals surface area contributed by atoms with Crippen LogP contribution in [0.15, 0.2) is 0 Å². The van der Waals surface area contributed by atoms with Gasteiger partial charge in [0, 0.05) is 6.54 Å². The van der Waals surface area contributed by atoms with Crippen molar-refractivity contribution >= 4 is 17.8 Å². The molecule has 1 amide bonds. The Bertz CT molecular complexity index is 189. The van der Waals surface area contributed by atoms with Crippen LogP contribution >= 0.6 is 0 Å². The van der Waals surface area contributed by atoms with Gasteiger partial charge in [-0.1, -0.05) is 0 Å². The van der Waals surface area contributed by atoms with Gasteiger partial charge in [-0.3, -0.25) is 14.5 Å². The molecule has 13 heavy (non-hydrogen) atoms. The van der Waals surface area contributed by atoms with E-state index in [0.29, 0.717) is 0 Å². The number of primary amides is 1. The van der Waals surface area contributed by atoms with Gasteiger partial charge in [0.1, 0.15) is 0 Å². The van der Waals surface area contributed by atoms with Crippen LogP contribution in [-0.4, -0.2) is 47.5 Å². The Hall–Kier alpha value is -1.63. The summed E-state index contributed by atoms with van der Waals surface area (Å²) in [6, 6.07) is 0. The Labute approximate surface area is 73.7 Å². The summed E-state index contributed by atoms with van der Waals surface area (Å²) >= 11 is 0. The first-order chi connectivity index (χ1) is 5.91. The zero-order valence-electron chi connectivity index (χ0n) is 6.73. The summed E-state index contributed by atoms with van der Waals surface area (Å²) in [5.41, 5.74) is 4.76. The Morgan fingerprint density at radius 1 is 1.23 bits per heavy atom. The molecular weight excluding hydrogens is 180 g/mol. The van der Waals surface area contributed by atoms with Gasteiger partial charge in [0.05, 0.1) is 19.1 Å². The fourth-order valence-corrected chi connectivity index (χ4v) is 0.762. The molecule has 0 aromatic rings. The second-order valence-electron chi connectivity index (χ2n) is 2.38. The first-order valence-corrected chi connectivity index (χ1v) is 3.34. The summed E-state index contributed by atoms with van der Waals surface area (Å²) in [6.45, 7) is -1.60. The van der Waals surface area contributed by atoms with Gasteiger partial charge in [0.15, 0.2) is 0 Å². The van der Waals surface area contributed by atoms with Crippen LogP contribution in [0.2, 0.25) is 0 Å². The highest BCUT2D eigenvalue weighted by atomic mass is 16.4. The highest BCUT2D eigenvalue weighted by Gasteiger charge is 2.11. The summed E-state index contributed by atoms with van der Waals surface area (Å²) in [5, 5.41) is 18.4. The van der Waals surface area contributed by atoms with E-state index in [1.165, 1.54) is 0 Å². The average Bonchev–Trinajstić information content (AvgIpc) is 1.80. The van der Waals surface area contributed by atoms with Crippen molar-refractivity contribution in [2.45, 2.75) is 0 Å². The van der Waals surface area contributed by atoms with Crippen LogP contribution in [0.5, 0.6) is 0 Å². The molecule has 7 nitrogen and oxygen atoms in total. The second kappa shape index (κ2) is 5.09. The van der Waals surface area contributed by atoms with Crippen molar-refractivity contribution < 1.29 is 24.6 Å². The van der Waals surface area contributed by atoms with Crippen LogP contribution in [0.25, 0.3) is 0 Å². The normalized spacial score (nSPS) is 9.92. The summed E-state index contributed by atoms with van der Waals surface area (Å²) in [4.78, 5) is 31.4. The molecule has 0 radical (unpaired) electrons. The van der Waals surface area contributed by atoms with Gasteiger partial charge in [-0.05, 0) is 0 Å². The molecule has 0 unspecified atom stereocenters. The number of nitrogens with two attached hydrogens (primary N) is 1. The number of carboxylic acids is 2. The van der Waals surface area contributed by atoms with Crippen molar-refractivity contribution in [3.05, 3.63) is 0 Å². The Morgan fingerprint density at radius 2 is 1.77 bits per heavy atom. The molecule has 74 valence electrons. The Morgan fingerprint density at radius 3 is 2.08 bits per heavy atom. The first kappa shape index (κ1) is 11.4. The maximum atomic E-state index is 10.3. The molecule has 0 aromatic carbocycles. The molecule has 0 spiro atoms.